The van der Waals surface area contributed by atoms with Crippen molar-refractivity contribution in [2.75, 3.05) is 13.2 Å². The van der Waals surface area contributed by atoms with E-state index in [4.69, 9.17) is 4.74 Å². The van der Waals surface area contributed by atoms with Crippen molar-refractivity contribution in [2.45, 2.75) is 38.1 Å². The predicted octanol–water partition coefficient (Wildman–Crippen LogP) is 3.62. The van der Waals surface area contributed by atoms with Crippen LogP contribution in [-0.4, -0.2) is 30.0 Å². The van der Waals surface area contributed by atoms with Gasteiger partial charge < -0.3 is 9.64 Å². The summed E-state index contributed by atoms with van der Waals surface area (Å²) in [7, 11) is 0. The Morgan fingerprint density at radius 2 is 2.10 bits per heavy atom. The number of carbonyl (C=O) groups is 1. The molecule has 0 radical (unpaired) electrons. The first-order valence-electron chi connectivity index (χ1n) is 7.40. The largest absolute Gasteiger partial charge is 0.493 e. The molecular weight excluding hydrogens is 318 g/mol. The van der Waals surface area contributed by atoms with Crippen LogP contribution in [0.15, 0.2) is 28.7 Å². The van der Waals surface area contributed by atoms with Gasteiger partial charge in [0, 0.05) is 17.1 Å². The van der Waals surface area contributed by atoms with Crippen molar-refractivity contribution >= 4 is 21.8 Å². The molecule has 2 saturated carbocycles. The highest BCUT2D eigenvalue weighted by Gasteiger charge is 2.36. The molecule has 20 heavy (non-hydrogen) atoms. The Morgan fingerprint density at radius 3 is 2.75 bits per heavy atom. The molecule has 0 aromatic heterocycles. The van der Waals surface area contributed by atoms with Gasteiger partial charge in [0.2, 0.25) is 5.91 Å². The van der Waals surface area contributed by atoms with E-state index in [0.717, 1.165) is 22.7 Å². The van der Waals surface area contributed by atoms with Crippen molar-refractivity contribution in [1.82, 2.24) is 4.90 Å². The van der Waals surface area contributed by atoms with Gasteiger partial charge in [-0.3, -0.25) is 4.79 Å². The Bertz CT molecular complexity index is 483. The van der Waals surface area contributed by atoms with Crippen molar-refractivity contribution in [1.29, 1.82) is 0 Å². The topological polar surface area (TPSA) is 29.5 Å². The van der Waals surface area contributed by atoms with Crippen molar-refractivity contribution in [3.63, 3.8) is 0 Å². The average molecular weight is 338 g/mol. The number of amides is 1. The lowest BCUT2D eigenvalue weighted by atomic mass is 10.3. The van der Waals surface area contributed by atoms with Gasteiger partial charge in [0.05, 0.1) is 13.0 Å². The highest BCUT2D eigenvalue weighted by molar-refractivity contribution is 9.10. The smallest absolute Gasteiger partial charge is 0.226 e. The first-order chi connectivity index (χ1) is 9.72. The van der Waals surface area contributed by atoms with Gasteiger partial charge >= 0.3 is 0 Å². The number of hydrogen-bond donors (Lipinski definition) is 0. The van der Waals surface area contributed by atoms with Crippen LogP contribution in [0.4, 0.5) is 0 Å². The highest BCUT2D eigenvalue weighted by Crippen LogP contribution is 2.35. The van der Waals surface area contributed by atoms with Crippen molar-refractivity contribution in [2.24, 2.45) is 5.92 Å². The van der Waals surface area contributed by atoms with Crippen LogP contribution in [0.25, 0.3) is 0 Å². The predicted molar refractivity (Wildman–Crippen MR) is 81.7 cm³/mol. The lowest BCUT2D eigenvalue weighted by Crippen LogP contribution is -2.35. The maximum Gasteiger partial charge on any atom is 0.226 e. The molecule has 1 aromatic carbocycles. The van der Waals surface area contributed by atoms with Crippen LogP contribution in [-0.2, 0) is 4.79 Å². The average Bonchev–Trinajstić information content (AvgIpc) is 3.28. The minimum atomic E-state index is 0.259. The number of carbonyl (C=O) groups excluding carboxylic acids is 1. The second-order valence-electron chi connectivity index (χ2n) is 5.78. The zero-order valence-corrected chi connectivity index (χ0v) is 13.1. The molecule has 3 nitrogen and oxygen atoms in total. The maximum atomic E-state index is 12.3. The summed E-state index contributed by atoms with van der Waals surface area (Å²) in [5.74, 6) is 1.84. The van der Waals surface area contributed by atoms with E-state index < -0.39 is 0 Å². The molecule has 0 saturated heterocycles. The Kier molecular flexibility index (Phi) is 4.29. The molecular formula is C16H20BrNO2. The second-order valence-corrected chi connectivity index (χ2v) is 6.69. The fraction of sp³-hybridized carbons (Fsp3) is 0.562. The van der Waals surface area contributed by atoms with E-state index in [2.05, 4.69) is 20.8 Å². The number of ether oxygens (including phenoxy) is 1. The lowest BCUT2D eigenvalue weighted by Gasteiger charge is -2.22. The van der Waals surface area contributed by atoms with Crippen LogP contribution in [0.2, 0.25) is 0 Å². The monoisotopic (exact) mass is 337 g/mol. The molecule has 1 amide bonds. The molecule has 2 aliphatic carbocycles. The zero-order chi connectivity index (χ0) is 13.9. The molecule has 2 aliphatic rings. The molecule has 3 rings (SSSR count). The number of nitrogens with zero attached hydrogens (tertiary/aromatic N) is 1. The van der Waals surface area contributed by atoms with Gasteiger partial charge in [-0.15, -0.1) is 0 Å². The quantitative estimate of drug-likeness (QED) is 0.760. The van der Waals surface area contributed by atoms with E-state index in [1.807, 2.05) is 24.3 Å². The summed E-state index contributed by atoms with van der Waals surface area (Å²) in [4.78, 5) is 14.4. The van der Waals surface area contributed by atoms with Gasteiger partial charge in [-0.05, 0) is 49.8 Å². The molecule has 0 N–H and O–H groups in total. The van der Waals surface area contributed by atoms with E-state index >= 15 is 0 Å². The second kappa shape index (κ2) is 6.17. The summed E-state index contributed by atoms with van der Waals surface area (Å²) < 4.78 is 6.65. The fourth-order valence-corrected chi connectivity index (χ4v) is 2.75. The van der Waals surface area contributed by atoms with Crippen LogP contribution in [0, 0.1) is 5.92 Å². The van der Waals surface area contributed by atoms with Gasteiger partial charge in [0.25, 0.3) is 0 Å². The van der Waals surface area contributed by atoms with E-state index in [1.54, 1.807) is 0 Å². The van der Waals surface area contributed by atoms with Gasteiger partial charge in [-0.1, -0.05) is 22.0 Å². The van der Waals surface area contributed by atoms with Crippen LogP contribution < -0.4 is 4.74 Å². The molecule has 0 spiro atoms. The Hall–Kier alpha value is -1.03. The summed E-state index contributed by atoms with van der Waals surface area (Å²) in [6.45, 7) is 1.43. The molecule has 0 unspecified atom stereocenters. The minimum Gasteiger partial charge on any atom is -0.493 e. The van der Waals surface area contributed by atoms with Crippen molar-refractivity contribution in [3.8, 4) is 5.75 Å². The zero-order valence-electron chi connectivity index (χ0n) is 11.6. The first kappa shape index (κ1) is 13.9. The SMILES string of the molecule is O=C(CCOc1cccc(Br)c1)N(CC1CC1)C1CC1. The third kappa shape index (κ3) is 3.98. The molecule has 0 bridgehead atoms. The number of hydrogen-bond acceptors (Lipinski definition) is 2. The van der Waals surface area contributed by atoms with Gasteiger partial charge in [0.1, 0.15) is 5.75 Å². The number of benzene rings is 1. The van der Waals surface area contributed by atoms with Crippen molar-refractivity contribution < 1.29 is 9.53 Å². The summed E-state index contributed by atoms with van der Waals surface area (Å²) >= 11 is 3.41. The molecule has 0 aliphatic heterocycles. The van der Waals surface area contributed by atoms with Gasteiger partial charge in [-0.2, -0.15) is 0 Å². The van der Waals surface area contributed by atoms with Crippen LogP contribution >= 0.6 is 15.9 Å². The summed E-state index contributed by atoms with van der Waals surface area (Å²) in [6.07, 6.45) is 5.45. The van der Waals surface area contributed by atoms with E-state index in [-0.39, 0.29) is 5.91 Å². The molecule has 1 aromatic rings. The van der Waals surface area contributed by atoms with Crippen LogP contribution in [0.5, 0.6) is 5.75 Å². The van der Waals surface area contributed by atoms with E-state index in [9.17, 15) is 4.79 Å². The number of halogens is 1. The summed E-state index contributed by atoms with van der Waals surface area (Å²) in [5, 5.41) is 0. The molecule has 0 atom stereocenters. The van der Waals surface area contributed by atoms with E-state index in [0.29, 0.717) is 19.1 Å². The first-order valence-corrected chi connectivity index (χ1v) is 8.19. The highest BCUT2D eigenvalue weighted by atomic mass is 79.9. The Balaban J connectivity index is 1.45. The molecule has 4 heteroatoms. The molecule has 108 valence electrons. The van der Waals surface area contributed by atoms with Crippen molar-refractivity contribution in [3.05, 3.63) is 28.7 Å². The summed E-state index contributed by atoms with van der Waals surface area (Å²) in [6, 6.07) is 8.26. The third-order valence-electron chi connectivity index (χ3n) is 3.84. The lowest BCUT2D eigenvalue weighted by molar-refractivity contribution is -0.132. The fourth-order valence-electron chi connectivity index (χ4n) is 2.38. The van der Waals surface area contributed by atoms with E-state index in [1.165, 1.54) is 25.7 Å². The standard InChI is InChI=1S/C16H20BrNO2/c17-13-2-1-3-15(10-13)20-9-8-16(19)18(14-6-7-14)11-12-4-5-12/h1-3,10,12,14H,4-9,11H2. The van der Waals surface area contributed by atoms with Gasteiger partial charge in [0.15, 0.2) is 0 Å². The van der Waals surface area contributed by atoms with Crippen LogP contribution in [0.1, 0.15) is 32.1 Å². The van der Waals surface area contributed by atoms with Crippen LogP contribution in [0.3, 0.4) is 0 Å². The third-order valence-corrected chi connectivity index (χ3v) is 4.33. The molecule has 0 heterocycles. The number of rotatable bonds is 7. The summed E-state index contributed by atoms with van der Waals surface area (Å²) in [5.41, 5.74) is 0. The Labute approximate surface area is 128 Å². The maximum absolute atomic E-state index is 12.3. The Morgan fingerprint density at radius 1 is 1.30 bits per heavy atom. The normalized spacial score (nSPS) is 17.9. The minimum absolute atomic E-state index is 0.259. The molecule has 2 fully saturated rings. The van der Waals surface area contributed by atoms with Gasteiger partial charge in [-0.25, -0.2) is 0 Å².